The summed E-state index contributed by atoms with van der Waals surface area (Å²) < 4.78 is 28.6. The summed E-state index contributed by atoms with van der Waals surface area (Å²) in [6.07, 6.45) is 5.14. The second kappa shape index (κ2) is 13.8. The van der Waals surface area contributed by atoms with E-state index in [0.717, 1.165) is 56.9 Å². The third kappa shape index (κ3) is 6.10. The van der Waals surface area contributed by atoms with Crippen LogP contribution in [0.4, 0.5) is 0 Å². The highest BCUT2D eigenvalue weighted by molar-refractivity contribution is 5.72. The van der Waals surface area contributed by atoms with E-state index in [1.807, 2.05) is 6.07 Å². The van der Waals surface area contributed by atoms with E-state index < -0.39 is 42.9 Å². The highest BCUT2D eigenvalue weighted by atomic mass is 16.7. The zero-order valence-corrected chi connectivity index (χ0v) is 29.9. The van der Waals surface area contributed by atoms with Crippen molar-refractivity contribution >= 4 is 5.97 Å². The van der Waals surface area contributed by atoms with E-state index in [1.165, 1.54) is 6.07 Å². The molecule has 12 nitrogen and oxygen atoms in total. The monoisotopic (exact) mass is 716 g/mol. The van der Waals surface area contributed by atoms with E-state index >= 15 is 0 Å². The fourth-order valence-electron chi connectivity index (χ4n) is 11.4. The van der Waals surface area contributed by atoms with Crippen molar-refractivity contribution in [2.75, 3.05) is 13.2 Å². The molecule has 2 saturated heterocycles. The molecule has 6 fully saturated rings. The molecule has 0 radical (unpaired) electrons. The van der Waals surface area contributed by atoms with Gasteiger partial charge in [-0.25, -0.2) is 4.79 Å². The molecule has 4 aliphatic carbocycles. The zero-order valence-electron chi connectivity index (χ0n) is 29.9. The first-order valence-corrected chi connectivity index (χ1v) is 19.1. The third-order valence-corrected chi connectivity index (χ3v) is 14.4. The molecule has 14 atom stereocenters. The number of aliphatic hydroxyl groups is 5. The predicted octanol–water partition coefficient (Wildman–Crippen LogP) is 3.45. The van der Waals surface area contributed by atoms with Crippen LogP contribution in [0, 0.1) is 28.6 Å². The van der Waals surface area contributed by atoms with Gasteiger partial charge in [0.2, 0.25) is 6.29 Å². The molecular formula is C39H56O12. The summed E-state index contributed by atoms with van der Waals surface area (Å²) in [5.41, 5.74) is -0.738. The van der Waals surface area contributed by atoms with E-state index in [4.69, 9.17) is 23.4 Å². The Morgan fingerprint density at radius 1 is 0.961 bits per heavy atom. The van der Waals surface area contributed by atoms with Crippen LogP contribution < -0.4 is 5.63 Å². The van der Waals surface area contributed by atoms with Gasteiger partial charge in [-0.3, -0.25) is 4.79 Å². The summed E-state index contributed by atoms with van der Waals surface area (Å²) >= 11 is 0. The Hall–Kier alpha value is -2.32. The minimum Gasteiger partial charge on any atom is -0.467 e. The van der Waals surface area contributed by atoms with Gasteiger partial charge in [-0.1, -0.05) is 33.3 Å². The fraction of sp³-hybridized carbons (Fsp3) is 0.795. The van der Waals surface area contributed by atoms with Gasteiger partial charge in [-0.05, 0) is 99.0 Å². The van der Waals surface area contributed by atoms with Gasteiger partial charge < -0.3 is 48.9 Å². The molecule has 12 heteroatoms. The number of aliphatic hydroxyl groups excluding tert-OH is 4. The first kappa shape index (κ1) is 37.0. The average Bonchev–Trinajstić information content (AvgIpc) is 3.77. The van der Waals surface area contributed by atoms with Gasteiger partial charge in [0.05, 0.1) is 42.9 Å². The van der Waals surface area contributed by atoms with Crippen molar-refractivity contribution in [2.45, 2.75) is 151 Å². The lowest BCUT2D eigenvalue weighted by molar-refractivity contribution is -0.291. The third-order valence-electron chi connectivity index (χ3n) is 14.4. The molecule has 2 aliphatic heterocycles. The largest absolute Gasteiger partial charge is 0.467 e. The lowest BCUT2D eigenvalue weighted by Gasteiger charge is -2.64. The van der Waals surface area contributed by atoms with Crippen LogP contribution in [0.5, 0.6) is 0 Å². The van der Waals surface area contributed by atoms with Crippen LogP contribution in [-0.4, -0.2) is 92.7 Å². The second-order valence-electron chi connectivity index (χ2n) is 16.9. The van der Waals surface area contributed by atoms with Crippen LogP contribution in [0.2, 0.25) is 0 Å². The minimum absolute atomic E-state index is 0.0542. The maximum atomic E-state index is 13.2. The van der Waals surface area contributed by atoms with Crippen LogP contribution in [0.15, 0.2) is 39.9 Å². The van der Waals surface area contributed by atoms with Gasteiger partial charge in [0.25, 0.3) is 0 Å². The number of fused-ring (bicyclic) bond motifs is 3. The highest BCUT2D eigenvalue weighted by Gasteiger charge is 2.81. The van der Waals surface area contributed by atoms with Crippen molar-refractivity contribution < 1.29 is 53.7 Å². The molecule has 6 aliphatic rings. The molecule has 14 unspecified atom stereocenters. The maximum Gasteiger partial charge on any atom is 0.335 e. The van der Waals surface area contributed by atoms with Gasteiger partial charge in [-0.15, -0.1) is 0 Å². The van der Waals surface area contributed by atoms with Gasteiger partial charge in [0, 0.05) is 17.9 Å². The van der Waals surface area contributed by atoms with Crippen LogP contribution in [0.3, 0.4) is 0 Å². The molecule has 1 spiro atoms. The van der Waals surface area contributed by atoms with E-state index in [-0.39, 0.29) is 46.0 Å². The number of carbonyl (C=O) groups is 1. The SMILES string of the molecule is C=C(CCCCCCOC(=O)C1CCC2(C)C3CCC4(C)C(c5ccc(=O)oc5)CC5OC54C3CCC2(O)C1)OC1OC(CO)C(O)C(O)C1O. The van der Waals surface area contributed by atoms with Gasteiger partial charge >= 0.3 is 11.6 Å². The number of ether oxygens (including phenoxy) is 4. The minimum atomic E-state index is -1.50. The van der Waals surface area contributed by atoms with Gasteiger partial charge in [-0.2, -0.15) is 0 Å². The predicted molar refractivity (Wildman–Crippen MR) is 182 cm³/mol. The number of allylic oxidation sites excluding steroid dienone is 1. The normalized spacial score (nSPS) is 45.5. The molecule has 1 aromatic rings. The fourth-order valence-corrected chi connectivity index (χ4v) is 11.4. The standard InChI is InChI=1S/C39H56O12/c1-22(49-35-33(44)32(43)31(42)28(20-40)50-35)8-6-4-5-7-17-47-34(45)23-11-14-36(2)25-12-15-37(3)27(24-9-10-30(41)48-21-24)18-29-39(37,51-29)26(25)13-16-38(36,46)19-23/h9-10,21,23,25-29,31-33,35,40,42-44,46H,1,4-8,11-20H2,2-3H3. The maximum absolute atomic E-state index is 13.2. The molecule has 0 amide bonds. The van der Waals surface area contributed by atoms with Crippen LogP contribution in [0.1, 0.15) is 109 Å². The molecule has 3 heterocycles. The van der Waals surface area contributed by atoms with Crippen molar-refractivity contribution in [1.82, 2.24) is 0 Å². The number of hydrogen-bond donors (Lipinski definition) is 5. The number of epoxide rings is 1. The summed E-state index contributed by atoms with van der Waals surface area (Å²) in [5, 5.41) is 51.6. The Balaban J connectivity index is 0.852. The van der Waals surface area contributed by atoms with Crippen molar-refractivity contribution in [3.8, 4) is 0 Å². The van der Waals surface area contributed by atoms with E-state index in [1.54, 1.807) is 6.26 Å². The van der Waals surface area contributed by atoms with E-state index in [9.17, 15) is 35.1 Å². The van der Waals surface area contributed by atoms with E-state index in [0.29, 0.717) is 56.3 Å². The summed E-state index contributed by atoms with van der Waals surface area (Å²) in [5.74, 6) is 0.776. The van der Waals surface area contributed by atoms with Crippen LogP contribution in [0.25, 0.3) is 0 Å². The highest BCUT2D eigenvalue weighted by Crippen LogP contribution is 2.78. The molecule has 0 bridgehead atoms. The Morgan fingerprint density at radius 3 is 2.45 bits per heavy atom. The summed E-state index contributed by atoms with van der Waals surface area (Å²) in [6.45, 7) is 8.27. The summed E-state index contributed by atoms with van der Waals surface area (Å²) in [7, 11) is 0. The van der Waals surface area contributed by atoms with Crippen molar-refractivity contribution in [1.29, 1.82) is 0 Å². The van der Waals surface area contributed by atoms with Crippen LogP contribution >= 0.6 is 0 Å². The van der Waals surface area contributed by atoms with Gasteiger partial charge in [0.1, 0.15) is 30.0 Å². The smallest absolute Gasteiger partial charge is 0.335 e. The van der Waals surface area contributed by atoms with Crippen molar-refractivity contribution in [3.05, 3.63) is 46.7 Å². The van der Waals surface area contributed by atoms with Gasteiger partial charge in [0.15, 0.2) is 0 Å². The molecule has 7 rings (SSSR count). The Labute approximate surface area is 299 Å². The summed E-state index contributed by atoms with van der Waals surface area (Å²) in [4.78, 5) is 24.9. The quantitative estimate of drug-likeness (QED) is 0.0919. The zero-order chi connectivity index (χ0) is 36.3. The van der Waals surface area contributed by atoms with E-state index in [2.05, 4.69) is 20.4 Å². The number of esters is 1. The Kier molecular flexibility index (Phi) is 10.0. The number of rotatable bonds is 12. The Morgan fingerprint density at radius 2 is 1.71 bits per heavy atom. The molecule has 0 aromatic carbocycles. The molecule has 51 heavy (non-hydrogen) atoms. The molecule has 5 N–H and O–H groups in total. The number of carbonyl (C=O) groups excluding carboxylic acids is 1. The lowest BCUT2D eigenvalue weighted by Crippen LogP contribution is -2.65. The molecule has 284 valence electrons. The topological polar surface area (TPSA) is 189 Å². The van der Waals surface area contributed by atoms with Crippen molar-refractivity contribution in [3.63, 3.8) is 0 Å². The van der Waals surface area contributed by atoms with Crippen molar-refractivity contribution in [2.24, 2.45) is 28.6 Å². The lowest BCUT2D eigenvalue weighted by atomic mass is 9.42. The number of unbranched alkanes of at least 4 members (excludes halogenated alkanes) is 3. The number of hydrogen-bond acceptors (Lipinski definition) is 12. The van der Waals surface area contributed by atoms with Crippen LogP contribution in [-0.2, 0) is 23.7 Å². The molecule has 4 saturated carbocycles. The first-order valence-electron chi connectivity index (χ1n) is 19.1. The molecule has 1 aromatic heterocycles. The first-order chi connectivity index (χ1) is 24.3. The second-order valence-corrected chi connectivity index (χ2v) is 16.9. The molecular weight excluding hydrogens is 660 g/mol. The Bertz CT molecular complexity index is 1490. The summed E-state index contributed by atoms with van der Waals surface area (Å²) in [6, 6.07) is 3.43. The average molecular weight is 717 g/mol.